The fraction of sp³-hybridized carbons (Fsp3) is 1.00. The molecule has 0 saturated heterocycles. The second-order valence-electron chi connectivity index (χ2n) is 6.66. The van der Waals surface area contributed by atoms with Gasteiger partial charge in [0.2, 0.25) is 0 Å². The van der Waals surface area contributed by atoms with Gasteiger partial charge < -0.3 is 5.73 Å². The molecule has 0 radical (unpaired) electrons. The summed E-state index contributed by atoms with van der Waals surface area (Å²) in [7, 11) is 0. The van der Waals surface area contributed by atoms with Gasteiger partial charge in [0.05, 0.1) is 0 Å². The topological polar surface area (TPSA) is 26.0 Å². The average Bonchev–Trinajstić information content (AvgIpc) is 1.76. The molecule has 0 spiro atoms. The highest BCUT2D eigenvalue weighted by Gasteiger charge is 2.49. The highest BCUT2D eigenvalue weighted by Crippen LogP contribution is 2.57. The molecular formula is C12H23N. The highest BCUT2D eigenvalue weighted by atomic mass is 14.8. The monoisotopic (exact) mass is 181 g/mol. The van der Waals surface area contributed by atoms with Crippen LogP contribution in [0.1, 0.15) is 59.3 Å². The maximum Gasteiger partial charge on any atom is 0.0136 e. The molecule has 0 amide bonds. The molecule has 0 aliphatic heterocycles. The fourth-order valence-corrected chi connectivity index (χ4v) is 4.46. The number of fused-ring (bicyclic) bond motifs is 2. The van der Waals surface area contributed by atoms with E-state index in [2.05, 4.69) is 20.8 Å². The van der Waals surface area contributed by atoms with Crippen molar-refractivity contribution in [3.63, 3.8) is 0 Å². The molecule has 0 aromatic rings. The Morgan fingerprint density at radius 3 is 1.77 bits per heavy atom. The van der Waals surface area contributed by atoms with E-state index in [1.807, 2.05) is 0 Å². The molecule has 1 heteroatoms. The molecule has 0 heterocycles. The van der Waals surface area contributed by atoms with Crippen molar-refractivity contribution in [2.45, 2.75) is 64.8 Å². The lowest BCUT2D eigenvalue weighted by atomic mass is 9.52. The Hall–Kier alpha value is -0.0400. The van der Waals surface area contributed by atoms with Crippen molar-refractivity contribution in [1.29, 1.82) is 0 Å². The lowest BCUT2D eigenvalue weighted by molar-refractivity contribution is -0.0144. The van der Waals surface area contributed by atoms with Crippen LogP contribution in [-0.2, 0) is 0 Å². The molecule has 2 fully saturated rings. The van der Waals surface area contributed by atoms with Gasteiger partial charge in [-0.25, -0.2) is 0 Å². The van der Waals surface area contributed by atoms with Gasteiger partial charge in [0.25, 0.3) is 0 Å². The molecule has 2 bridgehead atoms. The zero-order valence-corrected chi connectivity index (χ0v) is 9.32. The Bertz CT molecular complexity index is 193. The summed E-state index contributed by atoms with van der Waals surface area (Å²) >= 11 is 0. The van der Waals surface area contributed by atoms with E-state index in [1.54, 1.807) is 0 Å². The quantitative estimate of drug-likeness (QED) is 0.610. The molecule has 2 N–H and O–H groups in total. The Morgan fingerprint density at radius 2 is 1.31 bits per heavy atom. The number of nitrogens with two attached hydrogens (primary N) is 1. The summed E-state index contributed by atoms with van der Waals surface area (Å²) in [5.41, 5.74) is 7.54. The van der Waals surface area contributed by atoms with Gasteiger partial charge in [0.15, 0.2) is 0 Å². The summed E-state index contributed by atoms with van der Waals surface area (Å²) in [5, 5.41) is 0. The van der Waals surface area contributed by atoms with Crippen LogP contribution in [0.25, 0.3) is 0 Å². The van der Waals surface area contributed by atoms with Gasteiger partial charge in [0, 0.05) is 5.54 Å². The first kappa shape index (κ1) is 9.51. The molecule has 3 atom stereocenters. The first-order valence-electron chi connectivity index (χ1n) is 5.62. The molecule has 0 aromatic carbocycles. The van der Waals surface area contributed by atoms with Crippen molar-refractivity contribution >= 4 is 0 Å². The smallest absolute Gasteiger partial charge is 0.0136 e. The van der Waals surface area contributed by atoms with Gasteiger partial charge in [-0.05, 0) is 49.9 Å². The van der Waals surface area contributed by atoms with E-state index in [0.717, 1.165) is 0 Å². The van der Waals surface area contributed by atoms with Gasteiger partial charge in [-0.1, -0.05) is 20.3 Å². The Morgan fingerprint density at radius 1 is 0.846 bits per heavy atom. The van der Waals surface area contributed by atoms with Crippen molar-refractivity contribution in [2.75, 3.05) is 0 Å². The molecule has 2 aliphatic carbocycles. The third-order valence-electron chi connectivity index (χ3n) is 4.08. The molecule has 2 aliphatic rings. The van der Waals surface area contributed by atoms with Crippen LogP contribution >= 0.6 is 0 Å². The molecule has 2 rings (SSSR count). The maximum atomic E-state index is 6.34. The van der Waals surface area contributed by atoms with E-state index in [0.29, 0.717) is 10.8 Å². The van der Waals surface area contributed by atoms with Crippen molar-refractivity contribution < 1.29 is 0 Å². The van der Waals surface area contributed by atoms with Crippen LogP contribution in [0.3, 0.4) is 0 Å². The summed E-state index contributed by atoms with van der Waals surface area (Å²) in [4.78, 5) is 0. The molecule has 13 heavy (non-hydrogen) atoms. The van der Waals surface area contributed by atoms with Crippen LogP contribution in [0.5, 0.6) is 0 Å². The Labute approximate surface area is 82.1 Å². The average molecular weight is 181 g/mol. The Balaban J connectivity index is 2.26. The third-order valence-corrected chi connectivity index (χ3v) is 4.08. The first-order valence-corrected chi connectivity index (χ1v) is 5.62. The van der Waals surface area contributed by atoms with E-state index in [4.69, 9.17) is 5.73 Å². The van der Waals surface area contributed by atoms with Gasteiger partial charge in [-0.2, -0.15) is 0 Å². The fourth-order valence-electron chi connectivity index (χ4n) is 4.46. The van der Waals surface area contributed by atoms with Gasteiger partial charge in [-0.3, -0.25) is 0 Å². The molecule has 0 aromatic heterocycles. The molecule has 2 saturated carbocycles. The van der Waals surface area contributed by atoms with E-state index in [9.17, 15) is 0 Å². The van der Waals surface area contributed by atoms with Crippen molar-refractivity contribution in [3.05, 3.63) is 0 Å². The third kappa shape index (κ3) is 1.76. The highest BCUT2D eigenvalue weighted by molar-refractivity contribution is 5.03. The zero-order chi connectivity index (χ0) is 9.74. The number of hydrogen-bond donors (Lipinski definition) is 1. The molecule has 76 valence electrons. The summed E-state index contributed by atoms with van der Waals surface area (Å²) < 4.78 is 0. The van der Waals surface area contributed by atoms with E-state index < -0.39 is 0 Å². The number of hydrogen-bond acceptors (Lipinski definition) is 1. The lowest BCUT2D eigenvalue weighted by Crippen LogP contribution is -2.53. The largest absolute Gasteiger partial charge is 0.325 e. The Kier molecular flexibility index (Phi) is 1.83. The predicted octanol–water partition coefficient (Wildman–Crippen LogP) is 3.08. The molecule has 1 nitrogen and oxygen atoms in total. The van der Waals surface area contributed by atoms with Gasteiger partial charge in [0.1, 0.15) is 0 Å². The van der Waals surface area contributed by atoms with Crippen LogP contribution < -0.4 is 5.73 Å². The predicted molar refractivity (Wildman–Crippen MR) is 56.5 cm³/mol. The van der Waals surface area contributed by atoms with Crippen molar-refractivity contribution in [1.82, 2.24) is 0 Å². The maximum absolute atomic E-state index is 6.34. The van der Waals surface area contributed by atoms with E-state index in [-0.39, 0.29) is 5.54 Å². The minimum atomic E-state index is 0.0994. The van der Waals surface area contributed by atoms with Crippen molar-refractivity contribution in [3.8, 4) is 0 Å². The first-order chi connectivity index (χ1) is 5.83. The zero-order valence-electron chi connectivity index (χ0n) is 9.32. The second-order valence-corrected chi connectivity index (χ2v) is 6.66. The normalized spacial score (nSPS) is 56.3. The summed E-state index contributed by atoms with van der Waals surface area (Å²) in [5.74, 6) is 0. The van der Waals surface area contributed by atoms with Crippen molar-refractivity contribution in [2.24, 2.45) is 16.6 Å². The van der Waals surface area contributed by atoms with E-state index in [1.165, 1.54) is 38.5 Å². The van der Waals surface area contributed by atoms with Crippen LogP contribution in [0.4, 0.5) is 0 Å². The summed E-state index contributed by atoms with van der Waals surface area (Å²) in [6.07, 6.45) is 8.09. The van der Waals surface area contributed by atoms with Crippen LogP contribution in [0, 0.1) is 10.8 Å². The summed E-state index contributed by atoms with van der Waals surface area (Å²) in [6, 6.07) is 0. The SMILES string of the molecule is C[C@]1(N)C[C@]2(C)CCC[C@](C)(C1)C2. The van der Waals surface area contributed by atoms with Crippen LogP contribution in [0.2, 0.25) is 0 Å². The standard InChI is InChI=1S/C12H23N/c1-10-5-4-6-11(2,7-10)9-12(3,13)8-10/h4-9,13H2,1-3H3/t10-,11+,12+. The second kappa shape index (κ2) is 2.50. The lowest BCUT2D eigenvalue weighted by Gasteiger charge is -2.55. The van der Waals surface area contributed by atoms with E-state index >= 15 is 0 Å². The number of rotatable bonds is 0. The molecular weight excluding hydrogens is 158 g/mol. The van der Waals surface area contributed by atoms with Gasteiger partial charge in [-0.15, -0.1) is 0 Å². The van der Waals surface area contributed by atoms with Crippen LogP contribution in [0.15, 0.2) is 0 Å². The minimum Gasteiger partial charge on any atom is -0.325 e. The van der Waals surface area contributed by atoms with Crippen LogP contribution in [-0.4, -0.2) is 5.54 Å². The van der Waals surface area contributed by atoms with Gasteiger partial charge >= 0.3 is 0 Å². The minimum absolute atomic E-state index is 0.0994. The summed E-state index contributed by atoms with van der Waals surface area (Å²) in [6.45, 7) is 7.12. The molecule has 0 unspecified atom stereocenters.